The number of hydrogen-bond acceptors (Lipinski definition) is 3. The zero-order chi connectivity index (χ0) is 14.3. The summed E-state index contributed by atoms with van der Waals surface area (Å²) in [4.78, 5) is 8.71. The number of hydrogen-bond donors (Lipinski definition) is 0. The van der Waals surface area contributed by atoms with Crippen LogP contribution in [0.2, 0.25) is 0 Å². The molecule has 2 aromatic heterocycles. The lowest BCUT2D eigenvalue weighted by molar-refractivity contribution is 0.621. The van der Waals surface area contributed by atoms with Crippen molar-refractivity contribution in [3.63, 3.8) is 0 Å². The normalized spacial score (nSPS) is 18.2. The predicted octanol–water partition coefficient (Wildman–Crippen LogP) is 4.62. The Morgan fingerprint density at radius 3 is 3.00 bits per heavy atom. The summed E-state index contributed by atoms with van der Waals surface area (Å²) in [6.07, 6.45) is 1.10. The van der Waals surface area contributed by atoms with Crippen molar-refractivity contribution < 1.29 is 0 Å². The monoisotopic (exact) mass is 306 g/mol. The molecule has 20 heavy (non-hydrogen) atoms. The van der Waals surface area contributed by atoms with Gasteiger partial charge in [0.05, 0.1) is 11.9 Å². The molecule has 2 nitrogen and oxygen atoms in total. The molecule has 0 radical (unpaired) electrons. The molecule has 0 saturated heterocycles. The van der Waals surface area contributed by atoms with Crippen molar-refractivity contribution in [3.8, 4) is 0 Å². The van der Waals surface area contributed by atoms with Crippen LogP contribution in [-0.2, 0) is 12.3 Å². The maximum absolute atomic E-state index is 6.17. The first-order valence-electron chi connectivity index (χ1n) is 6.97. The van der Waals surface area contributed by atoms with Crippen LogP contribution in [0.15, 0.2) is 17.5 Å². The molecule has 0 aromatic carbocycles. The molecule has 0 amide bonds. The highest BCUT2D eigenvalue weighted by Gasteiger charge is 2.27. The lowest BCUT2D eigenvalue weighted by atomic mass is 10.00. The van der Waals surface area contributed by atoms with Crippen molar-refractivity contribution in [1.29, 1.82) is 0 Å². The molecular formula is C16H19ClN2S. The standard InChI is InChI=1S/C16H19ClN2S/c1-10-8-11(2)18-16(14(10)9-17)19-6-4-15-13(12(19)3)5-7-20-15/h5,7-8,12H,4,6,9H2,1-3H3. The second-order valence-electron chi connectivity index (χ2n) is 5.43. The zero-order valence-electron chi connectivity index (χ0n) is 12.1. The Balaban J connectivity index is 2.06. The van der Waals surface area contributed by atoms with Crippen LogP contribution in [0.25, 0.3) is 0 Å². The topological polar surface area (TPSA) is 16.1 Å². The third-order valence-electron chi connectivity index (χ3n) is 4.14. The highest BCUT2D eigenvalue weighted by Crippen LogP contribution is 2.37. The number of pyridine rings is 1. The minimum absolute atomic E-state index is 0.376. The van der Waals surface area contributed by atoms with Gasteiger partial charge in [0.15, 0.2) is 0 Å². The molecule has 1 aliphatic rings. The fourth-order valence-electron chi connectivity index (χ4n) is 3.05. The molecule has 0 fully saturated rings. The minimum atomic E-state index is 0.376. The highest BCUT2D eigenvalue weighted by molar-refractivity contribution is 7.10. The third-order valence-corrected chi connectivity index (χ3v) is 5.40. The summed E-state index contributed by atoms with van der Waals surface area (Å²) in [6.45, 7) is 7.47. The number of anilines is 1. The summed E-state index contributed by atoms with van der Waals surface area (Å²) in [5.74, 6) is 1.59. The van der Waals surface area contributed by atoms with Crippen LogP contribution in [0, 0.1) is 13.8 Å². The summed E-state index contributed by atoms with van der Waals surface area (Å²) in [5, 5.41) is 2.20. The fourth-order valence-corrected chi connectivity index (χ4v) is 4.34. The number of alkyl halides is 1. The average molecular weight is 307 g/mol. The average Bonchev–Trinajstić information content (AvgIpc) is 2.87. The molecule has 2 aromatic rings. The van der Waals surface area contributed by atoms with Gasteiger partial charge in [-0.1, -0.05) is 0 Å². The lowest BCUT2D eigenvalue weighted by Crippen LogP contribution is -2.34. The van der Waals surface area contributed by atoms with Gasteiger partial charge in [-0.2, -0.15) is 0 Å². The minimum Gasteiger partial charge on any atom is -0.349 e. The van der Waals surface area contributed by atoms with Gasteiger partial charge >= 0.3 is 0 Å². The molecule has 0 N–H and O–H groups in total. The van der Waals surface area contributed by atoms with Crippen molar-refractivity contribution >= 4 is 28.8 Å². The molecule has 3 rings (SSSR count). The van der Waals surface area contributed by atoms with Gasteiger partial charge in [-0.15, -0.1) is 22.9 Å². The summed E-state index contributed by atoms with van der Waals surface area (Å²) < 4.78 is 0. The quantitative estimate of drug-likeness (QED) is 0.752. The van der Waals surface area contributed by atoms with E-state index in [0.29, 0.717) is 11.9 Å². The molecule has 1 atom stereocenters. The van der Waals surface area contributed by atoms with Gasteiger partial charge in [0.2, 0.25) is 0 Å². The van der Waals surface area contributed by atoms with E-state index in [1.807, 2.05) is 11.3 Å². The lowest BCUT2D eigenvalue weighted by Gasteiger charge is -2.36. The predicted molar refractivity (Wildman–Crippen MR) is 87.1 cm³/mol. The van der Waals surface area contributed by atoms with Crippen LogP contribution in [0.3, 0.4) is 0 Å². The first kappa shape index (κ1) is 13.9. The zero-order valence-corrected chi connectivity index (χ0v) is 13.7. The van der Waals surface area contributed by atoms with Crippen LogP contribution < -0.4 is 4.90 Å². The van der Waals surface area contributed by atoms with E-state index in [0.717, 1.165) is 24.5 Å². The van der Waals surface area contributed by atoms with Crippen molar-refractivity contribution in [3.05, 3.63) is 44.8 Å². The summed E-state index contributed by atoms with van der Waals surface area (Å²) in [7, 11) is 0. The largest absolute Gasteiger partial charge is 0.349 e. The Hall–Kier alpha value is -1.06. The third kappa shape index (κ3) is 2.23. The first-order chi connectivity index (χ1) is 9.61. The number of aryl methyl sites for hydroxylation is 2. The Morgan fingerprint density at radius 1 is 1.45 bits per heavy atom. The Morgan fingerprint density at radius 2 is 2.25 bits per heavy atom. The van der Waals surface area contributed by atoms with Crippen molar-refractivity contribution in [2.24, 2.45) is 0 Å². The van der Waals surface area contributed by atoms with Crippen LogP contribution in [0.1, 0.15) is 40.2 Å². The van der Waals surface area contributed by atoms with E-state index >= 15 is 0 Å². The van der Waals surface area contributed by atoms with E-state index in [1.54, 1.807) is 0 Å². The van der Waals surface area contributed by atoms with Crippen LogP contribution in [0.5, 0.6) is 0 Å². The van der Waals surface area contributed by atoms with Gasteiger partial charge in [-0.3, -0.25) is 0 Å². The first-order valence-corrected chi connectivity index (χ1v) is 8.39. The van der Waals surface area contributed by atoms with E-state index in [-0.39, 0.29) is 0 Å². The molecule has 1 unspecified atom stereocenters. The molecule has 3 heterocycles. The summed E-state index contributed by atoms with van der Waals surface area (Å²) >= 11 is 8.04. The van der Waals surface area contributed by atoms with Gasteiger partial charge in [0.1, 0.15) is 5.82 Å². The van der Waals surface area contributed by atoms with Crippen LogP contribution in [0.4, 0.5) is 5.82 Å². The smallest absolute Gasteiger partial charge is 0.134 e. The van der Waals surface area contributed by atoms with Crippen LogP contribution in [-0.4, -0.2) is 11.5 Å². The van der Waals surface area contributed by atoms with Crippen molar-refractivity contribution in [1.82, 2.24) is 4.98 Å². The Bertz CT molecular complexity index is 635. The molecular weight excluding hydrogens is 288 g/mol. The molecule has 0 spiro atoms. The van der Waals surface area contributed by atoms with Gasteiger partial charge in [0, 0.05) is 22.7 Å². The van der Waals surface area contributed by atoms with E-state index in [1.165, 1.54) is 21.6 Å². The van der Waals surface area contributed by atoms with Gasteiger partial charge < -0.3 is 4.90 Å². The van der Waals surface area contributed by atoms with Gasteiger partial charge in [0.25, 0.3) is 0 Å². The molecule has 0 bridgehead atoms. The van der Waals surface area contributed by atoms with E-state index in [4.69, 9.17) is 16.6 Å². The number of thiophene rings is 1. The van der Waals surface area contributed by atoms with Gasteiger partial charge in [-0.25, -0.2) is 4.98 Å². The maximum Gasteiger partial charge on any atom is 0.134 e. The molecule has 106 valence electrons. The number of aromatic nitrogens is 1. The van der Waals surface area contributed by atoms with E-state index in [2.05, 4.69) is 43.2 Å². The second-order valence-corrected chi connectivity index (χ2v) is 6.70. The Labute approximate surface area is 129 Å². The summed E-state index contributed by atoms with van der Waals surface area (Å²) in [5.41, 5.74) is 4.92. The highest BCUT2D eigenvalue weighted by atomic mass is 35.5. The van der Waals surface area contributed by atoms with Gasteiger partial charge in [-0.05, 0) is 55.8 Å². The Kier molecular flexibility index (Phi) is 3.74. The van der Waals surface area contributed by atoms with Crippen molar-refractivity contribution in [2.45, 2.75) is 39.1 Å². The van der Waals surface area contributed by atoms with E-state index < -0.39 is 0 Å². The number of fused-ring (bicyclic) bond motifs is 1. The van der Waals surface area contributed by atoms with E-state index in [9.17, 15) is 0 Å². The molecule has 1 aliphatic heterocycles. The maximum atomic E-state index is 6.17. The second kappa shape index (κ2) is 5.38. The molecule has 4 heteroatoms. The van der Waals surface area contributed by atoms with Crippen molar-refractivity contribution in [2.75, 3.05) is 11.4 Å². The fraction of sp³-hybridized carbons (Fsp3) is 0.438. The number of halogens is 1. The molecule has 0 aliphatic carbocycles. The summed E-state index contributed by atoms with van der Waals surface area (Å²) in [6, 6.07) is 4.74. The number of nitrogens with zero attached hydrogens (tertiary/aromatic N) is 2. The molecule has 0 saturated carbocycles. The van der Waals surface area contributed by atoms with Crippen LogP contribution >= 0.6 is 22.9 Å². The SMILES string of the molecule is Cc1cc(C)c(CCl)c(N2CCc3sccc3C2C)n1. The number of rotatable bonds is 2.